The molecule has 0 aromatic heterocycles. The summed E-state index contributed by atoms with van der Waals surface area (Å²) in [6.45, 7) is 12.3. The van der Waals surface area contributed by atoms with Crippen molar-refractivity contribution in [1.29, 1.82) is 0 Å². The summed E-state index contributed by atoms with van der Waals surface area (Å²) in [7, 11) is 0. The zero-order valence-corrected chi connectivity index (χ0v) is 13.7. The second-order valence-electron chi connectivity index (χ2n) is 6.09. The summed E-state index contributed by atoms with van der Waals surface area (Å²) in [5, 5.41) is 0. The first-order valence-corrected chi connectivity index (χ1v) is 8.21. The van der Waals surface area contributed by atoms with E-state index in [0.29, 0.717) is 0 Å². The van der Waals surface area contributed by atoms with E-state index in [9.17, 15) is 0 Å². The molecule has 2 rings (SSSR count). The van der Waals surface area contributed by atoms with E-state index >= 15 is 0 Å². The highest BCUT2D eigenvalue weighted by atomic mass is 16.5. The number of rotatable bonds is 7. The molecule has 1 heterocycles. The van der Waals surface area contributed by atoms with Gasteiger partial charge in [-0.25, -0.2) is 0 Å². The molecule has 0 spiro atoms. The molecule has 1 saturated heterocycles. The van der Waals surface area contributed by atoms with Crippen molar-refractivity contribution >= 4 is 0 Å². The van der Waals surface area contributed by atoms with E-state index in [2.05, 4.69) is 49.9 Å². The molecule has 0 aliphatic carbocycles. The molecular formula is C18H29NO2. The standard InChI is InChI=1S/C18H29NO2/c1-4-18(3,5-2)16-6-8-17(9-7-16)21-15-12-19-10-13-20-14-11-19/h6-9H,4-5,10-15H2,1-3H3. The van der Waals surface area contributed by atoms with Gasteiger partial charge >= 0.3 is 0 Å². The third kappa shape index (κ3) is 4.45. The van der Waals surface area contributed by atoms with Crippen molar-refractivity contribution in [2.75, 3.05) is 39.5 Å². The Kier molecular flexibility index (Phi) is 6.07. The summed E-state index contributed by atoms with van der Waals surface area (Å²) in [5.41, 5.74) is 1.69. The van der Waals surface area contributed by atoms with Crippen LogP contribution in [0.4, 0.5) is 0 Å². The SMILES string of the molecule is CCC(C)(CC)c1ccc(OCCN2CCOCC2)cc1. The normalized spacial score (nSPS) is 16.9. The summed E-state index contributed by atoms with van der Waals surface area (Å²) in [4.78, 5) is 2.39. The van der Waals surface area contributed by atoms with Gasteiger partial charge in [-0.05, 0) is 36.0 Å². The van der Waals surface area contributed by atoms with E-state index in [1.54, 1.807) is 0 Å². The number of hydrogen-bond acceptors (Lipinski definition) is 3. The van der Waals surface area contributed by atoms with Gasteiger partial charge in [0.1, 0.15) is 12.4 Å². The van der Waals surface area contributed by atoms with E-state index in [1.165, 1.54) is 18.4 Å². The molecule has 0 bridgehead atoms. The highest BCUT2D eigenvalue weighted by molar-refractivity contribution is 5.31. The van der Waals surface area contributed by atoms with Crippen molar-refractivity contribution in [3.8, 4) is 5.75 Å². The molecule has 21 heavy (non-hydrogen) atoms. The highest BCUT2D eigenvalue weighted by Gasteiger charge is 2.21. The molecule has 1 aromatic carbocycles. The zero-order valence-electron chi connectivity index (χ0n) is 13.7. The lowest BCUT2D eigenvalue weighted by atomic mass is 9.78. The lowest BCUT2D eigenvalue weighted by molar-refractivity contribution is 0.0322. The Hall–Kier alpha value is -1.06. The van der Waals surface area contributed by atoms with Gasteiger partial charge in [0, 0.05) is 19.6 Å². The summed E-state index contributed by atoms with van der Waals surface area (Å²) in [6.07, 6.45) is 2.33. The minimum absolute atomic E-state index is 0.284. The summed E-state index contributed by atoms with van der Waals surface area (Å²) < 4.78 is 11.2. The van der Waals surface area contributed by atoms with Crippen LogP contribution in [0.5, 0.6) is 5.75 Å². The van der Waals surface area contributed by atoms with Gasteiger partial charge in [0.25, 0.3) is 0 Å². The molecule has 3 heteroatoms. The Bertz CT molecular complexity index is 406. The summed E-state index contributed by atoms with van der Waals surface area (Å²) in [5.74, 6) is 0.974. The molecule has 1 aromatic rings. The largest absolute Gasteiger partial charge is 0.492 e. The summed E-state index contributed by atoms with van der Waals surface area (Å²) in [6, 6.07) is 8.66. The Balaban J connectivity index is 1.82. The Morgan fingerprint density at radius 2 is 1.71 bits per heavy atom. The molecule has 0 atom stereocenters. The monoisotopic (exact) mass is 291 g/mol. The predicted octanol–water partition coefficient (Wildman–Crippen LogP) is 3.48. The fourth-order valence-electron chi connectivity index (χ4n) is 2.73. The number of nitrogens with zero attached hydrogens (tertiary/aromatic N) is 1. The first-order valence-electron chi connectivity index (χ1n) is 8.21. The van der Waals surface area contributed by atoms with Gasteiger partial charge in [0.15, 0.2) is 0 Å². The second-order valence-corrected chi connectivity index (χ2v) is 6.09. The number of ether oxygens (including phenoxy) is 2. The topological polar surface area (TPSA) is 21.7 Å². The van der Waals surface area contributed by atoms with E-state index in [1.807, 2.05) is 0 Å². The Morgan fingerprint density at radius 1 is 1.10 bits per heavy atom. The number of hydrogen-bond donors (Lipinski definition) is 0. The lowest BCUT2D eigenvalue weighted by Gasteiger charge is -2.28. The van der Waals surface area contributed by atoms with Gasteiger partial charge in [-0.15, -0.1) is 0 Å². The molecular weight excluding hydrogens is 262 g/mol. The van der Waals surface area contributed by atoms with Gasteiger partial charge < -0.3 is 9.47 Å². The van der Waals surface area contributed by atoms with E-state index in [4.69, 9.17) is 9.47 Å². The van der Waals surface area contributed by atoms with Gasteiger partial charge in [-0.1, -0.05) is 32.9 Å². The molecule has 1 aliphatic rings. The number of morpholine rings is 1. The van der Waals surface area contributed by atoms with E-state index in [0.717, 1.165) is 45.2 Å². The summed E-state index contributed by atoms with van der Waals surface area (Å²) >= 11 is 0. The third-order valence-corrected chi connectivity index (χ3v) is 4.89. The van der Waals surface area contributed by atoms with E-state index < -0.39 is 0 Å². The van der Waals surface area contributed by atoms with Crippen LogP contribution in [0.15, 0.2) is 24.3 Å². The molecule has 0 saturated carbocycles. The van der Waals surface area contributed by atoms with Crippen molar-refractivity contribution < 1.29 is 9.47 Å². The van der Waals surface area contributed by atoms with Crippen LogP contribution in [-0.2, 0) is 10.2 Å². The average Bonchev–Trinajstić information content (AvgIpc) is 2.56. The second kappa shape index (κ2) is 7.81. The lowest BCUT2D eigenvalue weighted by Crippen LogP contribution is -2.38. The fraction of sp³-hybridized carbons (Fsp3) is 0.667. The quantitative estimate of drug-likeness (QED) is 0.768. The molecule has 3 nitrogen and oxygen atoms in total. The van der Waals surface area contributed by atoms with Crippen LogP contribution in [-0.4, -0.2) is 44.4 Å². The maximum absolute atomic E-state index is 5.86. The third-order valence-electron chi connectivity index (χ3n) is 4.89. The van der Waals surface area contributed by atoms with Gasteiger partial charge in [-0.3, -0.25) is 4.90 Å². The first-order chi connectivity index (χ1) is 10.2. The minimum atomic E-state index is 0.284. The van der Waals surface area contributed by atoms with Crippen molar-refractivity contribution in [3.05, 3.63) is 29.8 Å². The van der Waals surface area contributed by atoms with Crippen LogP contribution >= 0.6 is 0 Å². The van der Waals surface area contributed by atoms with Crippen LogP contribution < -0.4 is 4.74 Å². The van der Waals surface area contributed by atoms with Crippen LogP contribution in [0.25, 0.3) is 0 Å². The van der Waals surface area contributed by atoms with Gasteiger partial charge in [0.05, 0.1) is 13.2 Å². The molecule has 0 N–H and O–H groups in total. The smallest absolute Gasteiger partial charge is 0.119 e. The average molecular weight is 291 g/mol. The highest BCUT2D eigenvalue weighted by Crippen LogP contribution is 2.31. The van der Waals surface area contributed by atoms with Crippen molar-refractivity contribution in [2.45, 2.75) is 39.0 Å². The van der Waals surface area contributed by atoms with Crippen LogP contribution in [0.1, 0.15) is 39.2 Å². The van der Waals surface area contributed by atoms with E-state index in [-0.39, 0.29) is 5.41 Å². The van der Waals surface area contributed by atoms with Crippen LogP contribution in [0, 0.1) is 0 Å². The molecule has 0 radical (unpaired) electrons. The van der Waals surface area contributed by atoms with Gasteiger partial charge in [-0.2, -0.15) is 0 Å². The van der Waals surface area contributed by atoms with Crippen molar-refractivity contribution in [1.82, 2.24) is 4.90 Å². The zero-order chi connectivity index (χ0) is 15.1. The number of benzene rings is 1. The molecule has 118 valence electrons. The molecule has 1 fully saturated rings. The first kappa shape index (κ1) is 16.3. The van der Waals surface area contributed by atoms with Crippen molar-refractivity contribution in [2.24, 2.45) is 0 Å². The maximum atomic E-state index is 5.86. The van der Waals surface area contributed by atoms with Crippen LogP contribution in [0.3, 0.4) is 0 Å². The Morgan fingerprint density at radius 3 is 2.29 bits per heavy atom. The minimum Gasteiger partial charge on any atom is -0.492 e. The molecule has 1 aliphatic heterocycles. The van der Waals surface area contributed by atoms with Gasteiger partial charge in [0.2, 0.25) is 0 Å². The fourth-order valence-corrected chi connectivity index (χ4v) is 2.73. The van der Waals surface area contributed by atoms with Crippen LogP contribution in [0.2, 0.25) is 0 Å². The van der Waals surface area contributed by atoms with Crippen molar-refractivity contribution in [3.63, 3.8) is 0 Å². The molecule has 0 unspecified atom stereocenters. The maximum Gasteiger partial charge on any atom is 0.119 e. The molecule has 0 amide bonds. The predicted molar refractivity (Wildman–Crippen MR) is 87.1 cm³/mol. The Labute approximate surface area is 129 Å².